The molecule has 2 heterocycles. The van der Waals surface area contributed by atoms with Gasteiger partial charge in [-0.3, -0.25) is 4.79 Å². The maximum absolute atomic E-state index is 12.2. The maximum Gasteiger partial charge on any atom is 0.341 e. The van der Waals surface area contributed by atoms with Gasteiger partial charge in [0, 0.05) is 6.08 Å². The second-order valence-electron chi connectivity index (χ2n) is 5.83. The lowest BCUT2D eigenvalue weighted by Gasteiger charge is -2.04. The number of esters is 1. The zero-order chi connectivity index (χ0) is 18.8. The summed E-state index contributed by atoms with van der Waals surface area (Å²) in [5.74, 6) is 0.121. The van der Waals surface area contributed by atoms with E-state index in [0.717, 1.165) is 16.8 Å². The van der Waals surface area contributed by atoms with Gasteiger partial charge < -0.3 is 14.5 Å². The number of ether oxygens (including phenoxy) is 1. The van der Waals surface area contributed by atoms with E-state index in [9.17, 15) is 9.59 Å². The Labute approximate surface area is 155 Å². The van der Waals surface area contributed by atoms with Crippen LogP contribution in [0.5, 0.6) is 0 Å². The van der Waals surface area contributed by atoms with E-state index >= 15 is 0 Å². The van der Waals surface area contributed by atoms with Crippen molar-refractivity contribution in [2.75, 3.05) is 7.11 Å². The van der Waals surface area contributed by atoms with Crippen molar-refractivity contribution in [3.63, 3.8) is 0 Å². The standard InChI is InChI=1S/C19H18N2O4S/c1-10-6-5-7-11(2)16(10)20-19-21-17(22)15(26-19)9-13-8-14(12(3)25-13)18(23)24-4/h5-9H,1-4H3,(H,20,21,22)/b15-9+. The van der Waals surface area contributed by atoms with Crippen molar-refractivity contribution in [1.29, 1.82) is 0 Å². The number of hydrogen-bond acceptors (Lipinski definition) is 6. The second kappa shape index (κ2) is 7.21. The normalized spacial score (nSPS) is 17.0. The molecule has 134 valence electrons. The summed E-state index contributed by atoms with van der Waals surface area (Å²) in [6, 6.07) is 7.48. The molecule has 1 fully saturated rings. The average Bonchev–Trinajstić information content (AvgIpc) is 3.13. The van der Waals surface area contributed by atoms with Crippen LogP contribution in [0.2, 0.25) is 0 Å². The summed E-state index contributed by atoms with van der Waals surface area (Å²) >= 11 is 1.23. The van der Waals surface area contributed by atoms with Gasteiger partial charge in [-0.25, -0.2) is 9.79 Å². The number of amidine groups is 1. The summed E-state index contributed by atoms with van der Waals surface area (Å²) in [4.78, 5) is 28.9. The molecule has 1 aliphatic rings. The lowest BCUT2D eigenvalue weighted by Crippen LogP contribution is -2.19. The smallest absolute Gasteiger partial charge is 0.341 e. The number of benzene rings is 1. The minimum Gasteiger partial charge on any atom is -0.465 e. The minimum absolute atomic E-state index is 0.256. The van der Waals surface area contributed by atoms with Gasteiger partial charge in [-0.05, 0) is 49.7 Å². The van der Waals surface area contributed by atoms with E-state index in [2.05, 4.69) is 10.3 Å². The summed E-state index contributed by atoms with van der Waals surface area (Å²) in [6.45, 7) is 5.62. The van der Waals surface area contributed by atoms with Gasteiger partial charge >= 0.3 is 5.97 Å². The molecule has 1 saturated heterocycles. The number of nitrogens with one attached hydrogen (secondary N) is 1. The SMILES string of the molecule is COC(=O)c1cc(/C=C2/SC(=Nc3c(C)cccc3C)NC2=O)oc1C. The molecule has 0 spiro atoms. The molecule has 6 nitrogen and oxygen atoms in total. The first-order valence-corrected chi connectivity index (χ1v) is 8.75. The molecule has 0 unspecified atom stereocenters. The van der Waals surface area contributed by atoms with Crippen LogP contribution in [0.25, 0.3) is 6.08 Å². The van der Waals surface area contributed by atoms with Crippen LogP contribution in [-0.4, -0.2) is 24.2 Å². The van der Waals surface area contributed by atoms with Gasteiger partial charge in [0.2, 0.25) is 0 Å². The van der Waals surface area contributed by atoms with E-state index in [4.69, 9.17) is 9.15 Å². The van der Waals surface area contributed by atoms with Crippen molar-refractivity contribution >= 4 is 40.6 Å². The molecule has 0 atom stereocenters. The zero-order valence-corrected chi connectivity index (χ0v) is 15.7. The highest BCUT2D eigenvalue weighted by Gasteiger charge is 2.25. The molecule has 0 saturated carbocycles. The lowest BCUT2D eigenvalue weighted by molar-refractivity contribution is -0.115. The number of amides is 1. The molecule has 2 aromatic rings. The number of carbonyl (C=O) groups is 2. The first-order valence-electron chi connectivity index (χ1n) is 7.93. The number of para-hydroxylation sites is 1. The molecule has 3 rings (SSSR count). The van der Waals surface area contributed by atoms with Crippen LogP contribution in [0, 0.1) is 20.8 Å². The van der Waals surface area contributed by atoms with Crippen LogP contribution in [0.1, 0.15) is 33.0 Å². The fraction of sp³-hybridized carbons (Fsp3) is 0.211. The van der Waals surface area contributed by atoms with Gasteiger partial charge in [-0.15, -0.1) is 0 Å². The number of furan rings is 1. The number of carbonyl (C=O) groups excluding carboxylic acids is 2. The van der Waals surface area contributed by atoms with Gasteiger partial charge in [-0.2, -0.15) is 0 Å². The van der Waals surface area contributed by atoms with Crippen LogP contribution in [0.15, 0.2) is 38.6 Å². The quantitative estimate of drug-likeness (QED) is 0.655. The van der Waals surface area contributed by atoms with Gasteiger partial charge in [0.25, 0.3) is 5.91 Å². The molecule has 1 aliphatic heterocycles. The first kappa shape index (κ1) is 18.0. The fourth-order valence-corrected chi connectivity index (χ4v) is 3.39. The Morgan fingerprint density at radius 1 is 1.27 bits per heavy atom. The molecule has 0 radical (unpaired) electrons. The molecule has 1 aromatic heterocycles. The summed E-state index contributed by atoms with van der Waals surface area (Å²) in [5, 5.41) is 3.26. The van der Waals surface area contributed by atoms with Crippen LogP contribution < -0.4 is 5.32 Å². The Hall–Kier alpha value is -2.80. The predicted octanol–water partition coefficient (Wildman–Crippen LogP) is 3.88. The number of rotatable bonds is 3. The van der Waals surface area contributed by atoms with Crippen molar-refractivity contribution < 1.29 is 18.7 Å². The largest absolute Gasteiger partial charge is 0.465 e. The second-order valence-corrected chi connectivity index (χ2v) is 6.86. The maximum atomic E-state index is 12.2. The number of nitrogens with zero attached hydrogens (tertiary/aromatic N) is 1. The minimum atomic E-state index is -0.475. The Morgan fingerprint density at radius 2 is 1.96 bits per heavy atom. The monoisotopic (exact) mass is 370 g/mol. The number of hydrogen-bond donors (Lipinski definition) is 1. The van der Waals surface area contributed by atoms with E-state index in [0.29, 0.717) is 27.2 Å². The van der Waals surface area contributed by atoms with E-state index < -0.39 is 5.97 Å². The topological polar surface area (TPSA) is 80.9 Å². The highest BCUT2D eigenvalue weighted by molar-refractivity contribution is 8.18. The Kier molecular flexibility index (Phi) is 4.99. The summed E-state index contributed by atoms with van der Waals surface area (Å²) < 4.78 is 10.2. The van der Waals surface area contributed by atoms with E-state index in [1.807, 2.05) is 32.0 Å². The molecule has 7 heteroatoms. The van der Waals surface area contributed by atoms with Crippen molar-refractivity contribution in [1.82, 2.24) is 5.32 Å². The van der Waals surface area contributed by atoms with Gasteiger partial charge in [0.1, 0.15) is 17.1 Å². The number of methoxy groups -OCH3 is 1. The lowest BCUT2D eigenvalue weighted by atomic mass is 10.1. The molecular weight excluding hydrogens is 352 g/mol. The van der Waals surface area contributed by atoms with Crippen molar-refractivity contribution in [3.8, 4) is 0 Å². The van der Waals surface area contributed by atoms with E-state index in [-0.39, 0.29) is 5.91 Å². The van der Waals surface area contributed by atoms with Crippen LogP contribution >= 0.6 is 11.8 Å². The van der Waals surface area contributed by atoms with Crippen LogP contribution in [0.3, 0.4) is 0 Å². The van der Waals surface area contributed by atoms with Gasteiger partial charge in [-0.1, -0.05) is 18.2 Å². The predicted molar refractivity (Wildman–Crippen MR) is 102 cm³/mol. The average molecular weight is 370 g/mol. The first-order chi connectivity index (χ1) is 12.4. The third-order valence-electron chi connectivity index (χ3n) is 3.92. The number of thioether (sulfide) groups is 1. The van der Waals surface area contributed by atoms with Crippen molar-refractivity contribution in [2.45, 2.75) is 20.8 Å². The Morgan fingerprint density at radius 3 is 2.62 bits per heavy atom. The van der Waals surface area contributed by atoms with Crippen LogP contribution in [0.4, 0.5) is 5.69 Å². The van der Waals surface area contributed by atoms with Crippen LogP contribution in [-0.2, 0) is 9.53 Å². The highest BCUT2D eigenvalue weighted by atomic mass is 32.2. The third kappa shape index (κ3) is 3.57. The highest BCUT2D eigenvalue weighted by Crippen LogP contribution is 2.31. The zero-order valence-electron chi connectivity index (χ0n) is 14.9. The van der Waals surface area contributed by atoms with E-state index in [1.165, 1.54) is 18.9 Å². The molecule has 1 amide bonds. The van der Waals surface area contributed by atoms with Crippen molar-refractivity contribution in [3.05, 3.63) is 57.4 Å². The number of aryl methyl sites for hydroxylation is 3. The summed E-state index contributed by atoms with van der Waals surface area (Å²) in [6.07, 6.45) is 1.59. The van der Waals surface area contributed by atoms with Gasteiger partial charge in [0.05, 0.1) is 17.7 Å². The Balaban J connectivity index is 1.87. The Bertz CT molecular complexity index is 936. The molecule has 0 bridgehead atoms. The fourth-order valence-electron chi connectivity index (χ4n) is 2.58. The van der Waals surface area contributed by atoms with Crippen molar-refractivity contribution in [2.24, 2.45) is 4.99 Å². The van der Waals surface area contributed by atoms with E-state index in [1.54, 1.807) is 19.1 Å². The molecule has 26 heavy (non-hydrogen) atoms. The summed E-state index contributed by atoms with van der Waals surface area (Å²) in [7, 11) is 1.31. The molecule has 0 aliphatic carbocycles. The molecular formula is C19H18N2O4S. The number of aliphatic imine (C=N–C) groups is 1. The summed E-state index contributed by atoms with van der Waals surface area (Å²) in [5.41, 5.74) is 3.26. The third-order valence-corrected chi connectivity index (χ3v) is 4.83. The molecule has 1 N–H and O–H groups in total. The molecule has 1 aromatic carbocycles. The van der Waals surface area contributed by atoms with Gasteiger partial charge in [0.15, 0.2) is 5.17 Å².